The SMILES string of the molecule is CC(=O)OCCOCn1cc(Cc2cccc(F)c2)c(=O)[nH]c1=O. The summed E-state index contributed by atoms with van der Waals surface area (Å²) in [5.74, 6) is -0.816. The summed E-state index contributed by atoms with van der Waals surface area (Å²) in [5.41, 5.74) is -0.221. The van der Waals surface area contributed by atoms with E-state index >= 15 is 0 Å². The van der Waals surface area contributed by atoms with Gasteiger partial charge in [0.25, 0.3) is 5.56 Å². The fourth-order valence-corrected chi connectivity index (χ4v) is 2.05. The van der Waals surface area contributed by atoms with Crippen LogP contribution in [0.5, 0.6) is 0 Å². The van der Waals surface area contributed by atoms with E-state index in [4.69, 9.17) is 9.47 Å². The van der Waals surface area contributed by atoms with E-state index in [-0.39, 0.29) is 26.4 Å². The van der Waals surface area contributed by atoms with Crippen molar-refractivity contribution in [3.63, 3.8) is 0 Å². The Morgan fingerprint density at radius 2 is 2.08 bits per heavy atom. The Labute approximate surface area is 136 Å². The highest BCUT2D eigenvalue weighted by Gasteiger charge is 2.07. The zero-order chi connectivity index (χ0) is 17.5. The molecular formula is C16H17FN2O5. The molecule has 7 nitrogen and oxygen atoms in total. The monoisotopic (exact) mass is 336 g/mol. The van der Waals surface area contributed by atoms with Crippen LogP contribution in [0.1, 0.15) is 18.1 Å². The number of carbonyl (C=O) groups is 1. The van der Waals surface area contributed by atoms with Crippen LogP contribution < -0.4 is 11.2 Å². The van der Waals surface area contributed by atoms with Crippen LogP contribution in [0.3, 0.4) is 0 Å². The Morgan fingerprint density at radius 1 is 1.29 bits per heavy atom. The Morgan fingerprint density at radius 3 is 2.79 bits per heavy atom. The molecule has 0 spiro atoms. The number of halogens is 1. The largest absolute Gasteiger partial charge is 0.463 e. The van der Waals surface area contributed by atoms with Crippen molar-refractivity contribution in [1.29, 1.82) is 0 Å². The van der Waals surface area contributed by atoms with E-state index in [0.29, 0.717) is 11.1 Å². The molecule has 0 unspecified atom stereocenters. The number of ether oxygens (including phenoxy) is 2. The van der Waals surface area contributed by atoms with Gasteiger partial charge in [-0.2, -0.15) is 0 Å². The third-order valence-electron chi connectivity index (χ3n) is 3.13. The van der Waals surface area contributed by atoms with Crippen molar-refractivity contribution in [1.82, 2.24) is 9.55 Å². The Bertz CT molecular complexity index is 828. The van der Waals surface area contributed by atoms with Crippen LogP contribution in [0, 0.1) is 5.82 Å². The molecule has 0 amide bonds. The number of nitrogens with zero attached hydrogens (tertiary/aromatic N) is 1. The number of benzene rings is 1. The second kappa shape index (κ2) is 8.21. The maximum atomic E-state index is 13.2. The number of nitrogens with one attached hydrogen (secondary N) is 1. The zero-order valence-electron chi connectivity index (χ0n) is 13.1. The molecule has 0 aliphatic rings. The van der Waals surface area contributed by atoms with Crippen LogP contribution in [0.15, 0.2) is 40.1 Å². The van der Waals surface area contributed by atoms with Crippen LogP contribution in [0.4, 0.5) is 4.39 Å². The topological polar surface area (TPSA) is 90.4 Å². The molecule has 0 aliphatic carbocycles. The lowest BCUT2D eigenvalue weighted by Crippen LogP contribution is -2.32. The molecule has 0 radical (unpaired) electrons. The van der Waals surface area contributed by atoms with Gasteiger partial charge >= 0.3 is 11.7 Å². The summed E-state index contributed by atoms with van der Waals surface area (Å²) < 4.78 is 24.3. The van der Waals surface area contributed by atoms with E-state index in [1.165, 1.54) is 29.8 Å². The average molecular weight is 336 g/mol. The lowest BCUT2D eigenvalue weighted by Gasteiger charge is -2.09. The van der Waals surface area contributed by atoms with Crippen molar-refractivity contribution in [2.45, 2.75) is 20.1 Å². The van der Waals surface area contributed by atoms with Crippen molar-refractivity contribution in [3.8, 4) is 0 Å². The second-order valence-electron chi connectivity index (χ2n) is 5.07. The summed E-state index contributed by atoms with van der Waals surface area (Å²) in [6.45, 7) is 1.37. The van der Waals surface area contributed by atoms with E-state index in [1.54, 1.807) is 12.1 Å². The fourth-order valence-electron chi connectivity index (χ4n) is 2.05. The minimum absolute atomic E-state index is 0.0730. The highest BCUT2D eigenvalue weighted by atomic mass is 19.1. The summed E-state index contributed by atoms with van der Waals surface area (Å²) in [5, 5.41) is 0. The second-order valence-corrected chi connectivity index (χ2v) is 5.07. The highest BCUT2D eigenvalue weighted by molar-refractivity contribution is 5.65. The number of carbonyl (C=O) groups excluding carboxylic acids is 1. The van der Waals surface area contributed by atoms with E-state index in [2.05, 4.69) is 4.98 Å². The molecule has 2 rings (SSSR count). The Balaban J connectivity index is 2.06. The van der Waals surface area contributed by atoms with Crippen molar-refractivity contribution in [3.05, 3.63) is 68.2 Å². The maximum absolute atomic E-state index is 13.2. The van der Waals surface area contributed by atoms with Crippen LogP contribution in [-0.2, 0) is 27.4 Å². The molecule has 2 aromatic rings. The van der Waals surface area contributed by atoms with Crippen LogP contribution in [0.25, 0.3) is 0 Å². The number of H-pyrrole nitrogens is 1. The molecule has 1 heterocycles. The number of hydrogen-bond acceptors (Lipinski definition) is 5. The first-order valence-corrected chi connectivity index (χ1v) is 7.24. The minimum Gasteiger partial charge on any atom is -0.463 e. The normalized spacial score (nSPS) is 10.6. The first-order valence-electron chi connectivity index (χ1n) is 7.24. The van der Waals surface area contributed by atoms with Gasteiger partial charge in [-0.3, -0.25) is 19.1 Å². The van der Waals surface area contributed by atoms with Gasteiger partial charge < -0.3 is 9.47 Å². The summed E-state index contributed by atoms with van der Waals surface area (Å²) in [6.07, 6.45) is 1.55. The van der Waals surface area contributed by atoms with Gasteiger partial charge in [0.05, 0.1) is 6.61 Å². The number of esters is 1. The van der Waals surface area contributed by atoms with Gasteiger partial charge in [-0.15, -0.1) is 0 Å². The van der Waals surface area contributed by atoms with Gasteiger partial charge in [0.2, 0.25) is 0 Å². The summed E-state index contributed by atoms with van der Waals surface area (Å²) in [7, 11) is 0. The van der Waals surface area contributed by atoms with Gasteiger partial charge in [0.15, 0.2) is 0 Å². The Kier molecular flexibility index (Phi) is 6.02. The molecule has 8 heteroatoms. The van der Waals surface area contributed by atoms with Crippen molar-refractivity contribution < 1.29 is 18.7 Å². The third-order valence-corrected chi connectivity index (χ3v) is 3.13. The predicted octanol–water partition coefficient (Wildman–Crippen LogP) is 0.804. The number of aromatic amines is 1. The molecule has 1 N–H and O–H groups in total. The number of rotatable bonds is 7. The van der Waals surface area contributed by atoms with E-state index < -0.39 is 23.0 Å². The van der Waals surface area contributed by atoms with Gasteiger partial charge in [-0.1, -0.05) is 12.1 Å². The first-order chi connectivity index (χ1) is 11.5. The smallest absolute Gasteiger partial charge is 0.330 e. The molecule has 1 aromatic heterocycles. The number of aromatic nitrogens is 2. The molecular weight excluding hydrogens is 319 g/mol. The molecule has 0 bridgehead atoms. The van der Waals surface area contributed by atoms with Crippen LogP contribution >= 0.6 is 0 Å². The average Bonchev–Trinajstić information content (AvgIpc) is 2.51. The maximum Gasteiger partial charge on any atom is 0.330 e. The van der Waals surface area contributed by atoms with E-state index in [1.807, 2.05) is 0 Å². The summed E-state index contributed by atoms with van der Waals surface area (Å²) in [6, 6.07) is 5.87. The first kappa shape index (κ1) is 17.6. The quantitative estimate of drug-likeness (QED) is 0.597. The van der Waals surface area contributed by atoms with Gasteiger partial charge in [0.1, 0.15) is 19.2 Å². The van der Waals surface area contributed by atoms with E-state index in [9.17, 15) is 18.8 Å². The standard InChI is InChI=1S/C16H17FN2O5/c1-11(20)24-6-5-23-10-19-9-13(15(21)18-16(19)22)7-12-3-2-4-14(17)8-12/h2-4,8-9H,5-7,10H2,1H3,(H,18,21,22). The lowest BCUT2D eigenvalue weighted by atomic mass is 10.1. The third kappa shape index (κ3) is 5.17. The van der Waals surface area contributed by atoms with Crippen molar-refractivity contribution in [2.24, 2.45) is 0 Å². The zero-order valence-corrected chi connectivity index (χ0v) is 13.1. The van der Waals surface area contributed by atoms with Gasteiger partial charge in [0, 0.05) is 25.1 Å². The number of hydrogen-bond donors (Lipinski definition) is 1. The van der Waals surface area contributed by atoms with Crippen molar-refractivity contribution in [2.75, 3.05) is 13.2 Å². The van der Waals surface area contributed by atoms with Crippen LogP contribution in [0.2, 0.25) is 0 Å². The van der Waals surface area contributed by atoms with Crippen LogP contribution in [-0.4, -0.2) is 28.7 Å². The summed E-state index contributed by atoms with van der Waals surface area (Å²) in [4.78, 5) is 36.4. The highest BCUT2D eigenvalue weighted by Crippen LogP contribution is 2.07. The van der Waals surface area contributed by atoms with Gasteiger partial charge in [-0.05, 0) is 17.7 Å². The molecule has 1 aromatic carbocycles. The minimum atomic E-state index is -0.615. The van der Waals surface area contributed by atoms with Gasteiger partial charge in [-0.25, -0.2) is 9.18 Å². The molecule has 128 valence electrons. The molecule has 0 fully saturated rings. The van der Waals surface area contributed by atoms with Crippen molar-refractivity contribution >= 4 is 5.97 Å². The fraction of sp³-hybridized carbons (Fsp3) is 0.312. The molecule has 0 atom stereocenters. The van der Waals surface area contributed by atoms with E-state index in [0.717, 1.165) is 0 Å². The molecule has 0 saturated carbocycles. The summed E-state index contributed by atoms with van der Waals surface area (Å²) >= 11 is 0. The lowest BCUT2D eigenvalue weighted by molar-refractivity contribution is -0.142. The molecule has 0 saturated heterocycles. The predicted molar refractivity (Wildman–Crippen MR) is 83.1 cm³/mol. The Hall–Kier alpha value is -2.74. The molecule has 0 aliphatic heterocycles. The molecule has 24 heavy (non-hydrogen) atoms.